The van der Waals surface area contributed by atoms with Gasteiger partial charge in [0.05, 0.1) is 6.54 Å². The fourth-order valence-electron chi connectivity index (χ4n) is 2.82. The number of nitrogens with one attached hydrogen (secondary N) is 1. The normalized spacial score (nSPS) is 19.8. The molecule has 2 aromatic carbocycles. The van der Waals surface area contributed by atoms with Crippen molar-refractivity contribution in [3.05, 3.63) is 70.8 Å². The molecule has 0 spiro atoms. The summed E-state index contributed by atoms with van der Waals surface area (Å²) in [6.07, 6.45) is 1.26. The van der Waals surface area contributed by atoms with Gasteiger partial charge in [0.15, 0.2) is 11.6 Å². The monoisotopic (exact) mass is 303 g/mol. The number of rotatable bonds is 3. The van der Waals surface area contributed by atoms with Gasteiger partial charge in [-0.1, -0.05) is 24.3 Å². The molecule has 5 heteroatoms. The van der Waals surface area contributed by atoms with Crippen LogP contribution in [-0.2, 0) is 12.0 Å². The summed E-state index contributed by atoms with van der Waals surface area (Å²) in [7, 11) is 0. The number of aryl methyl sites for hydroxylation is 1. The minimum absolute atomic E-state index is 0.0220. The van der Waals surface area contributed by atoms with Crippen LogP contribution in [0.5, 0.6) is 0 Å². The molecule has 0 saturated carbocycles. The molecule has 0 saturated heterocycles. The van der Waals surface area contributed by atoms with E-state index in [1.807, 2.05) is 24.3 Å². The molecule has 0 fully saturated rings. The summed E-state index contributed by atoms with van der Waals surface area (Å²) in [5.74, 6) is -2.62. The van der Waals surface area contributed by atoms with Gasteiger partial charge in [-0.2, -0.15) is 0 Å². The van der Waals surface area contributed by atoms with Gasteiger partial charge in [-0.15, -0.1) is 0 Å². The van der Waals surface area contributed by atoms with Gasteiger partial charge in [-0.3, -0.25) is 4.79 Å². The quantitative estimate of drug-likeness (QED) is 0.915. The third-order valence-electron chi connectivity index (χ3n) is 4.05. The summed E-state index contributed by atoms with van der Waals surface area (Å²) in [4.78, 5) is 12.0. The zero-order chi connectivity index (χ0) is 15.7. The Morgan fingerprint density at radius 2 is 1.95 bits per heavy atom. The lowest BCUT2D eigenvalue weighted by Crippen LogP contribution is -2.39. The molecular formula is C17H15F2NO2. The third kappa shape index (κ3) is 2.60. The standard InChI is InChI=1S/C17H15F2NO2/c18-14-6-5-12(9-15(14)19)16(21)20-10-17(22)8-7-11-3-1-2-4-13(11)17/h1-6,9,22H,7-8,10H2,(H,20,21)/t17-/m1/s1. The van der Waals surface area contributed by atoms with Gasteiger partial charge in [0.1, 0.15) is 5.60 Å². The molecule has 3 nitrogen and oxygen atoms in total. The first kappa shape index (κ1) is 14.7. The maximum atomic E-state index is 13.1. The van der Waals surface area contributed by atoms with Crippen LogP contribution in [0.2, 0.25) is 0 Å². The predicted octanol–water partition coefficient (Wildman–Crippen LogP) is 2.53. The van der Waals surface area contributed by atoms with Gasteiger partial charge >= 0.3 is 0 Å². The molecule has 0 radical (unpaired) electrons. The molecule has 1 atom stereocenters. The van der Waals surface area contributed by atoms with Gasteiger partial charge in [0.2, 0.25) is 0 Å². The third-order valence-corrected chi connectivity index (χ3v) is 4.05. The second-order valence-corrected chi connectivity index (χ2v) is 5.50. The van der Waals surface area contributed by atoms with Crippen LogP contribution in [-0.4, -0.2) is 17.6 Å². The Morgan fingerprint density at radius 1 is 1.18 bits per heavy atom. The molecule has 0 heterocycles. The minimum atomic E-state index is -1.12. The van der Waals surface area contributed by atoms with E-state index in [9.17, 15) is 18.7 Å². The number of benzene rings is 2. The van der Waals surface area contributed by atoms with E-state index in [0.29, 0.717) is 6.42 Å². The molecule has 0 bridgehead atoms. The van der Waals surface area contributed by atoms with E-state index >= 15 is 0 Å². The summed E-state index contributed by atoms with van der Waals surface area (Å²) >= 11 is 0. The van der Waals surface area contributed by atoms with Crippen molar-refractivity contribution in [2.45, 2.75) is 18.4 Å². The Balaban J connectivity index is 1.72. The zero-order valence-corrected chi connectivity index (χ0v) is 11.8. The first-order valence-corrected chi connectivity index (χ1v) is 7.04. The van der Waals surface area contributed by atoms with Crippen LogP contribution < -0.4 is 5.32 Å². The summed E-state index contributed by atoms with van der Waals surface area (Å²) < 4.78 is 26.0. The number of fused-ring (bicyclic) bond motifs is 1. The summed E-state index contributed by atoms with van der Waals surface area (Å²) in [6, 6.07) is 10.5. The van der Waals surface area contributed by atoms with Crippen LogP contribution >= 0.6 is 0 Å². The first-order chi connectivity index (χ1) is 10.5. The van der Waals surface area contributed by atoms with Crippen LogP contribution in [0.1, 0.15) is 27.9 Å². The number of aliphatic hydroxyl groups is 1. The fourth-order valence-corrected chi connectivity index (χ4v) is 2.82. The second-order valence-electron chi connectivity index (χ2n) is 5.50. The maximum Gasteiger partial charge on any atom is 0.251 e. The Kier molecular flexibility index (Phi) is 3.66. The molecule has 0 aromatic heterocycles. The number of amides is 1. The molecule has 114 valence electrons. The van der Waals surface area contributed by atoms with E-state index < -0.39 is 23.1 Å². The zero-order valence-electron chi connectivity index (χ0n) is 11.8. The highest BCUT2D eigenvalue weighted by molar-refractivity contribution is 5.94. The number of hydrogen-bond acceptors (Lipinski definition) is 2. The van der Waals surface area contributed by atoms with E-state index in [4.69, 9.17) is 0 Å². The smallest absolute Gasteiger partial charge is 0.251 e. The van der Waals surface area contributed by atoms with Crippen molar-refractivity contribution in [1.29, 1.82) is 0 Å². The van der Waals surface area contributed by atoms with Gasteiger partial charge in [0.25, 0.3) is 5.91 Å². The van der Waals surface area contributed by atoms with Crippen molar-refractivity contribution in [1.82, 2.24) is 5.32 Å². The highest BCUT2D eigenvalue weighted by Crippen LogP contribution is 2.36. The van der Waals surface area contributed by atoms with Crippen molar-refractivity contribution in [2.75, 3.05) is 6.54 Å². The highest BCUT2D eigenvalue weighted by Gasteiger charge is 2.36. The van der Waals surface area contributed by atoms with Crippen LogP contribution in [0.15, 0.2) is 42.5 Å². The first-order valence-electron chi connectivity index (χ1n) is 7.04. The lowest BCUT2D eigenvalue weighted by atomic mass is 9.96. The van der Waals surface area contributed by atoms with Crippen molar-refractivity contribution in [3.63, 3.8) is 0 Å². The van der Waals surface area contributed by atoms with Gasteiger partial charge < -0.3 is 10.4 Å². The van der Waals surface area contributed by atoms with E-state index in [1.54, 1.807) is 0 Å². The van der Waals surface area contributed by atoms with Gasteiger partial charge in [-0.25, -0.2) is 8.78 Å². The largest absolute Gasteiger partial charge is 0.383 e. The number of halogens is 2. The Hall–Kier alpha value is -2.27. The molecule has 1 aliphatic carbocycles. The maximum absolute atomic E-state index is 13.1. The van der Waals surface area contributed by atoms with Crippen molar-refractivity contribution in [3.8, 4) is 0 Å². The number of hydrogen-bond donors (Lipinski definition) is 2. The molecular weight excluding hydrogens is 288 g/mol. The van der Waals surface area contributed by atoms with Crippen LogP contribution in [0, 0.1) is 11.6 Å². The summed E-state index contributed by atoms with van der Waals surface area (Å²) in [5, 5.41) is 13.3. The number of carbonyl (C=O) groups is 1. The Bertz CT molecular complexity index is 732. The van der Waals surface area contributed by atoms with E-state index in [2.05, 4.69) is 5.32 Å². The predicted molar refractivity (Wildman–Crippen MR) is 77.4 cm³/mol. The Morgan fingerprint density at radius 3 is 2.73 bits per heavy atom. The van der Waals surface area contributed by atoms with E-state index in [-0.39, 0.29) is 12.1 Å². The van der Waals surface area contributed by atoms with Crippen molar-refractivity contribution in [2.24, 2.45) is 0 Å². The lowest BCUT2D eigenvalue weighted by Gasteiger charge is -2.24. The molecule has 1 aliphatic rings. The molecule has 22 heavy (non-hydrogen) atoms. The van der Waals surface area contributed by atoms with E-state index in [1.165, 1.54) is 6.07 Å². The van der Waals surface area contributed by atoms with Crippen LogP contribution in [0.25, 0.3) is 0 Å². The number of carbonyl (C=O) groups excluding carboxylic acids is 1. The minimum Gasteiger partial charge on any atom is -0.383 e. The van der Waals surface area contributed by atoms with Crippen LogP contribution in [0.3, 0.4) is 0 Å². The van der Waals surface area contributed by atoms with Gasteiger partial charge in [0, 0.05) is 5.56 Å². The highest BCUT2D eigenvalue weighted by atomic mass is 19.2. The molecule has 1 amide bonds. The lowest BCUT2D eigenvalue weighted by molar-refractivity contribution is 0.0369. The van der Waals surface area contributed by atoms with Crippen molar-refractivity contribution < 1.29 is 18.7 Å². The van der Waals surface area contributed by atoms with E-state index in [0.717, 1.165) is 29.7 Å². The molecule has 3 rings (SSSR count). The fraction of sp³-hybridized carbons (Fsp3) is 0.235. The summed E-state index contributed by atoms with van der Waals surface area (Å²) in [5.41, 5.74) is 0.770. The van der Waals surface area contributed by atoms with Crippen LogP contribution in [0.4, 0.5) is 8.78 Å². The molecule has 2 N–H and O–H groups in total. The molecule has 0 unspecified atom stereocenters. The van der Waals surface area contributed by atoms with Gasteiger partial charge in [-0.05, 0) is 42.2 Å². The summed E-state index contributed by atoms with van der Waals surface area (Å²) in [6.45, 7) is 0.0296. The average Bonchev–Trinajstić information content (AvgIpc) is 2.86. The molecule has 0 aliphatic heterocycles. The Labute approximate surface area is 126 Å². The topological polar surface area (TPSA) is 49.3 Å². The van der Waals surface area contributed by atoms with Crippen molar-refractivity contribution >= 4 is 5.91 Å². The average molecular weight is 303 g/mol. The second kappa shape index (κ2) is 5.50. The molecule has 2 aromatic rings. The SMILES string of the molecule is O=C(NC[C@]1(O)CCc2ccccc21)c1ccc(F)c(F)c1.